The van der Waals surface area contributed by atoms with E-state index in [1.54, 1.807) is 18.2 Å². The molecule has 0 bridgehead atoms. The van der Waals surface area contributed by atoms with Gasteiger partial charge in [-0.3, -0.25) is 24.2 Å². The van der Waals surface area contributed by atoms with Gasteiger partial charge in [0.1, 0.15) is 5.82 Å². The number of aliphatic imine (C=N–C) groups is 1. The molecule has 6 heteroatoms. The lowest BCUT2D eigenvalue weighted by Gasteiger charge is -2.24. The Bertz CT molecular complexity index is 1070. The Hall–Kier alpha value is -3.02. The van der Waals surface area contributed by atoms with Gasteiger partial charge in [-0.05, 0) is 67.7 Å². The lowest BCUT2D eigenvalue weighted by molar-refractivity contribution is -0.138. The smallest absolute Gasteiger partial charge is 0.207 e. The van der Waals surface area contributed by atoms with Crippen molar-refractivity contribution in [2.45, 2.75) is 71.3 Å². The molecule has 0 spiro atoms. The number of ketones is 4. The summed E-state index contributed by atoms with van der Waals surface area (Å²) < 4.78 is 13.8. The van der Waals surface area contributed by atoms with Gasteiger partial charge >= 0.3 is 0 Å². The highest BCUT2D eigenvalue weighted by Gasteiger charge is 2.38. The Kier molecular flexibility index (Phi) is 9.19. The molecule has 1 fully saturated rings. The van der Waals surface area contributed by atoms with Crippen molar-refractivity contribution in [1.82, 2.24) is 0 Å². The monoisotopic (exact) mass is 479 g/mol. The van der Waals surface area contributed by atoms with Crippen LogP contribution >= 0.6 is 0 Å². The van der Waals surface area contributed by atoms with Crippen molar-refractivity contribution in [3.8, 4) is 0 Å². The third kappa shape index (κ3) is 7.23. The van der Waals surface area contributed by atoms with Crippen LogP contribution < -0.4 is 0 Å². The van der Waals surface area contributed by atoms with Crippen molar-refractivity contribution in [3.05, 3.63) is 60.0 Å². The molecule has 0 saturated heterocycles. The minimum Gasteiger partial charge on any atom is -0.295 e. The summed E-state index contributed by atoms with van der Waals surface area (Å²) in [5.74, 6) is -2.74. The maximum atomic E-state index is 13.8. The molecule has 1 saturated carbocycles. The number of hydrogen-bond donors (Lipinski definition) is 0. The number of halogens is 1. The fourth-order valence-electron chi connectivity index (χ4n) is 5.08. The van der Waals surface area contributed by atoms with E-state index in [0.717, 1.165) is 6.42 Å². The summed E-state index contributed by atoms with van der Waals surface area (Å²) in [6, 6.07) is 5.38. The van der Waals surface area contributed by atoms with Crippen LogP contribution in [0.5, 0.6) is 0 Å². The predicted octanol–water partition coefficient (Wildman–Crippen LogP) is 5.21. The van der Waals surface area contributed by atoms with Gasteiger partial charge in [-0.2, -0.15) is 0 Å². The maximum absolute atomic E-state index is 13.8. The second-order valence-electron chi connectivity index (χ2n) is 10.1. The Balaban J connectivity index is 2.05. The SMILES string of the molecule is C=CCCC1CC(=O)/C=C(/Cc2cccc(F)c2)C(=O)C(C2CC(C)CC(C)CCC(=O)C2=O)=N1. The van der Waals surface area contributed by atoms with E-state index in [1.807, 2.05) is 6.92 Å². The summed E-state index contributed by atoms with van der Waals surface area (Å²) in [5.41, 5.74) is 0.774. The van der Waals surface area contributed by atoms with Gasteiger partial charge in [-0.25, -0.2) is 4.39 Å². The normalized spacial score (nSPS) is 28.1. The summed E-state index contributed by atoms with van der Waals surface area (Å²) >= 11 is 0. The first-order valence-electron chi connectivity index (χ1n) is 12.5. The molecule has 0 N–H and O–H groups in total. The molecule has 4 atom stereocenters. The number of nitrogens with zero attached hydrogens (tertiary/aromatic N) is 1. The molecule has 3 rings (SSSR count). The van der Waals surface area contributed by atoms with Crippen molar-refractivity contribution < 1.29 is 23.6 Å². The molecule has 1 heterocycles. The number of rotatable bonds is 6. The van der Waals surface area contributed by atoms with Crippen molar-refractivity contribution in [2.75, 3.05) is 0 Å². The zero-order chi connectivity index (χ0) is 25.5. The van der Waals surface area contributed by atoms with Crippen LogP contribution in [-0.2, 0) is 25.6 Å². The van der Waals surface area contributed by atoms with Crippen LogP contribution in [0.3, 0.4) is 0 Å². The van der Waals surface area contributed by atoms with E-state index in [9.17, 15) is 23.6 Å². The minimum atomic E-state index is -0.939. The average molecular weight is 480 g/mol. The van der Waals surface area contributed by atoms with Crippen LogP contribution in [0.2, 0.25) is 0 Å². The number of Topliss-reactive ketones (excluding diaryl/α,β-unsaturated/α-hetero) is 3. The highest BCUT2D eigenvalue weighted by atomic mass is 19.1. The standard InChI is InChI=1S/C29H34FNO4/c1-4-5-9-23-17-24(32)16-21(14-20-7-6-8-22(30)15-20)28(34)27(31-23)25-13-19(3)12-18(2)10-11-26(33)29(25)35/h4,6-8,15-16,18-19,23,25H,1,5,9-14,17H2,2-3H3/b21-16-,31-27?. The van der Waals surface area contributed by atoms with Gasteiger partial charge in [0, 0.05) is 24.8 Å². The van der Waals surface area contributed by atoms with Crippen LogP contribution in [0.15, 0.2) is 53.6 Å². The predicted molar refractivity (Wildman–Crippen MR) is 134 cm³/mol. The molecule has 0 aromatic heterocycles. The summed E-state index contributed by atoms with van der Waals surface area (Å²) in [5, 5.41) is 0. The van der Waals surface area contributed by atoms with E-state index in [4.69, 9.17) is 0 Å². The molecule has 1 aliphatic carbocycles. The fourth-order valence-corrected chi connectivity index (χ4v) is 5.08. The van der Waals surface area contributed by atoms with Crippen LogP contribution in [0.25, 0.3) is 0 Å². The molecule has 35 heavy (non-hydrogen) atoms. The largest absolute Gasteiger partial charge is 0.295 e. The van der Waals surface area contributed by atoms with Crippen molar-refractivity contribution in [2.24, 2.45) is 22.7 Å². The molecular weight excluding hydrogens is 445 g/mol. The van der Waals surface area contributed by atoms with Gasteiger partial charge in [0.15, 0.2) is 11.6 Å². The highest BCUT2D eigenvalue weighted by Crippen LogP contribution is 2.30. The van der Waals surface area contributed by atoms with Crippen LogP contribution in [0, 0.1) is 23.6 Å². The fraction of sp³-hybridized carbons (Fsp3) is 0.483. The van der Waals surface area contributed by atoms with Gasteiger partial charge in [0.2, 0.25) is 11.6 Å². The molecule has 5 nitrogen and oxygen atoms in total. The second kappa shape index (κ2) is 12.1. The zero-order valence-corrected chi connectivity index (χ0v) is 20.6. The van der Waals surface area contributed by atoms with E-state index < -0.39 is 35.1 Å². The molecule has 1 aromatic rings. The van der Waals surface area contributed by atoms with Gasteiger partial charge in [-0.15, -0.1) is 6.58 Å². The van der Waals surface area contributed by atoms with Crippen molar-refractivity contribution in [1.29, 1.82) is 0 Å². The first kappa shape index (κ1) is 26.6. The second-order valence-corrected chi connectivity index (χ2v) is 10.1. The van der Waals surface area contributed by atoms with Crippen LogP contribution in [-0.4, -0.2) is 34.9 Å². The lowest BCUT2D eigenvalue weighted by atomic mass is 9.80. The molecule has 0 radical (unpaired) electrons. The lowest BCUT2D eigenvalue weighted by Crippen LogP contribution is -2.38. The van der Waals surface area contributed by atoms with Crippen molar-refractivity contribution in [3.63, 3.8) is 0 Å². The van der Waals surface area contributed by atoms with E-state index in [-0.39, 0.29) is 42.2 Å². The Labute approximate surface area is 206 Å². The number of allylic oxidation sites excluding steroid dienone is 3. The Morgan fingerprint density at radius 1 is 1.11 bits per heavy atom. The first-order chi connectivity index (χ1) is 16.7. The van der Waals surface area contributed by atoms with Gasteiger partial charge in [0.25, 0.3) is 0 Å². The van der Waals surface area contributed by atoms with Gasteiger partial charge < -0.3 is 0 Å². The molecule has 0 amide bonds. The Morgan fingerprint density at radius 2 is 1.89 bits per heavy atom. The van der Waals surface area contributed by atoms with Gasteiger partial charge in [-0.1, -0.05) is 32.1 Å². The molecule has 186 valence electrons. The number of carbonyl (C=O) groups is 4. The van der Waals surface area contributed by atoms with Crippen LogP contribution in [0.4, 0.5) is 4.39 Å². The molecule has 1 aromatic carbocycles. The van der Waals surface area contributed by atoms with Crippen molar-refractivity contribution >= 4 is 28.8 Å². The summed E-state index contributed by atoms with van der Waals surface area (Å²) in [6.07, 6.45) is 6.31. The number of hydrogen-bond acceptors (Lipinski definition) is 5. The average Bonchev–Trinajstić information content (AvgIpc) is 2.84. The highest BCUT2D eigenvalue weighted by molar-refractivity contribution is 6.54. The molecule has 1 aliphatic heterocycles. The summed E-state index contributed by atoms with van der Waals surface area (Å²) in [7, 11) is 0. The quantitative estimate of drug-likeness (QED) is 0.414. The number of carbonyl (C=O) groups excluding carboxylic acids is 4. The van der Waals surface area contributed by atoms with E-state index in [1.165, 1.54) is 18.2 Å². The zero-order valence-electron chi connectivity index (χ0n) is 20.6. The van der Waals surface area contributed by atoms with E-state index in [0.29, 0.717) is 37.2 Å². The molecule has 2 aliphatic rings. The topological polar surface area (TPSA) is 80.6 Å². The van der Waals surface area contributed by atoms with E-state index in [2.05, 4.69) is 18.5 Å². The van der Waals surface area contributed by atoms with E-state index >= 15 is 0 Å². The van der Waals surface area contributed by atoms with Crippen LogP contribution in [0.1, 0.15) is 64.4 Å². The minimum absolute atomic E-state index is 0.0418. The maximum Gasteiger partial charge on any atom is 0.207 e. The summed E-state index contributed by atoms with van der Waals surface area (Å²) in [4.78, 5) is 57.3. The third-order valence-electron chi connectivity index (χ3n) is 6.83. The first-order valence-corrected chi connectivity index (χ1v) is 12.5. The molecule has 4 unspecified atom stereocenters. The number of benzene rings is 1. The summed E-state index contributed by atoms with van der Waals surface area (Å²) in [6.45, 7) is 7.83. The third-order valence-corrected chi connectivity index (χ3v) is 6.83. The Morgan fingerprint density at radius 3 is 2.60 bits per heavy atom. The molecular formula is C29H34FNO4. The van der Waals surface area contributed by atoms with Gasteiger partial charge in [0.05, 0.1) is 17.7 Å².